The van der Waals surface area contributed by atoms with Crippen molar-refractivity contribution in [2.75, 3.05) is 11.9 Å². The third-order valence-corrected chi connectivity index (χ3v) is 3.85. The van der Waals surface area contributed by atoms with E-state index in [4.69, 9.17) is 0 Å². The lowest BCUT2D eigenvalue weighted by molar-refractivity contribution is -0.136. The highest BCUT2D eigenvalue weighted by Crippen LogP contribution is 2.15. The molecule has 0 saturated carbocycles. The van der Waals surface area contributed by atoms with Gasteiger partial charge in [-0.3, -0.25) is 9.59 Å². The van der Waals surface area contributed by atoms with E-state index in [1.54, 1.807) is 18.2 Å². The molecule has 0 atom stereocenters. The van der Waals surface area contributed by atoms with Crippen molar-refractivity contribution in [3.8, 4) is 0 Å². The topological polar surface area (TPSA) is 58.2 Å². The molecule has 0 bridgehead atoms. The Labute approximate surface area is 141 Å². The molecule has 0 unspecified atom stereocenters. The Kier molecular flexibility index (Phi) is 9.55. The zero-order valence-electron chi connectivity index (χ0n) is 13.2. The number of rotatable bonds is 9. The normalized spacial score (nSPS) is 10.3. The van der Waals surface area contributed by atoms with Gasteiger partial charge >= 0.3 is 11.8 Å². The second-order valence-electron chi connectivity index (χ2n) is 5.34. The predicted octanol–water partition coefficient (Wildman–Crippen LogP) is 4.25. The number of halogens is 1. The van der Waals surface area contributed by atoms with E-state index in [1.807, 2.05) is 6.07 Å². The Morgan fingerprint density at radius 1 is 1.00 bits per heavy atom. The molecule has 0 spiro atoms. The largest absolute Gasteiger partial charge is 0.348 e. The van der Waals surface area contributed by atoms with Crippen molar-refractivity contribution in [3.63, 3.8) is 0 Å². The molecule has 4 nitrogen and oxygen atoms in total. The minimum atomic E-state index is -0.624. The van der Waals surface area contributed by atoms with Gasteiger partial charge in [-0.2, -0.15) is 0 Å². The molecule has 0 aliphatic carbocycles. The Morgan fingerprint density at radius 2 is 1.68 bits per heavy atom. The van der Waals surface area contributed by atoms with Crippen LogP contribution < -0.4 is 10.6 Å². The van der Waals surface area contributed by atoms with Gasteiger partial charge in [0.05, 0.1) is 0 Å². The van der Waals surface area contributed by atoms with Crippen molar-refractivity contribution in [1.82, 2.24) is 5.32 Å². The molecule has 0 aliphatic rings. The second-order valence-corrected chi connectivity index (χ2v) is 6.26. The summed E-state index contributed by atoms with van der Waals surface area (Å²) in [5, 5.41) is 5.23. The van der Waals surface area contributed by atoms with Crippen LogP contribution >= 0.6 is 15.9 Å². The third-order valence-electron chi connectivity index (χ3n) is 3.35. The Balaban J connectivity index is 2.13. The fourth-order valence-electron chi connectivity index (χ4n) is 2.12. The maximum atomic E-state index is 11.7. The minimum Gasteiger partial charge on any atom is -0.348 e. The maximum Gasteiger partial charge on any atom is 0.313 e. The van der Waals surface area contributed by atoms with Crippen LogP contribution in [0.4, 0.5) is 5.69 Å². The maximum absolute atomic E-state index is 11.7. The zero-order chi connectivity index (χ0) is 16.2. The average Bonchev–Trinajstić information content (AvgIpc) is 2.49. The molecule has 0 radical (unpaired) electrons. The summed E-state index contributed by atoms with van der Waals surface area (Å²) >= 11 is 3.32. The predicted molar refractivity (Wildman–Crippen MR) is 93.8 cm³/mol. The lowest BCUT2D eigenvalue weighted by Gasteiger charge is -2.07. The number of hydrogen-bond acceptors (Lipinski definition) is 2. The van der Waals surface area contributed by atoms with Crippen LogP contribution in [0.5, 0.6) is 0 Å². The molecule has 2 amide bonds. The zero-order valence-corrected chi connectivity index (χ0v) is 14.7. The van der Waals surface area contributed by atoms with Crippen molar-refractivity contribution in [3.05, 3.63) is 28.7 Å². The van der Waals surface area contributed by atoms with Gasteiger partial charge < -0.3 is 10.6 Å². The number of hydrogen-bond donors (Lipinski definition) is 2. The van der Waals surface area contributed by atoms with E-state index in [0.717, 1.165) is 17.3 Å². The van der Waals surface area contributed by atoms with E-state index in [9.17, 15) is 9.59 Å². The van der Waals surface area contributed by atoms with Crippen molar-refractivity contribution in [1.29, 1.82) is 0 Å². The fraction of sp³-hybridized carbons (Fsp3) is 0.529. The van der Waals surface area contributed by atoms with Gasteiger partial charge in [0.15, 0.2) is 0 Å². The second kappa shape index (κ2) is 11.2. The van der Waals surface area contributed by atoms with Gasteiger partial charge in [0.25, 0.3) is 0 Å². The van der Waals surface area contributed by atoms with Crippen molar-refractivity contribution in [2.45, 2.75) is 51.9 Å². The number of benzene rings is 1. The SMILES string of the molecule is CCCCCCCCCNC(=O)C(=O)Nc1cccc(Br)c1. The molecule has 0 aliphatic heterocycles. The van der Waals surface area contributed by atoms with Crippen LogP contribution in [0.2, 0.25) is 0 Å². The standard InChI is InChI=1S/C17H25BrN2O2/c1-2-3-4-5-6-7-8-12-19-16(21)17(22)20-15-11-9-10-14(18)13-15/h9-11,13H,2-8,12H2,1H3,(H,19,21)(H,20,22). The number of nitrogens with one attached hydrogen (secondary N) is 2. The lowest BCUT2D eigenvalue weighted by Crippen LogP contribution is -2.35. The molecule has 5 heteroatoms. The molecule has 122 valence electrons. The van der Waals surface area contributed by atoms with Crippen molar-refractivity contribution < 1.29 is 9.59 Å². The van der Waals surface area contributed by atoms with Gasteiger partial charge in [-0.05, 0) is 24.6 Å². The summed E-state index contributed by atoms with van der Waals surface area (Å²) in [5.74, 6) is -1.20. The highest BCUT2D eigenvalue weighted by molar-refractivity contribution is 9.10. The first-order chi connectivity index (χ1) is 10.6. The number of carbonyl (C=O) groups excluding carboxylic acids is 2. The smallest absolute Gasteiger partial charge is 0.313 e. The first-order valence-electron chi connectivity index (χ1n) is 7.98. The lowest BCUT2D eigenvalue weighted by atomic mass is 10.1. The molecule has 22 heavy (non-hydrogen) atoms. The first kappa shape index (κ1) is 18.7. The number of carbonyl (C=O) groups is 2. The fourth-order valence-corrected chi connectivity index (χ4v) is 2.52. The molecule has 0 fully saturated rings. The van der Waals surface area contributed by atoms with E-state index in [0.29, 0.717) is 12.2 Å². The molecule has 2 N–H and O–H groups in total. The molecule has 0 aromatic heterocycles. The van der Waals surface area contributed by atoms with Crippen LogP contribution in [-0.2, 0) is 9.59 Å². The highest BCUT2D eigenvalue weighted by atomic mass is 79.9. The number of anilines is 1. The molecule has 0 saturated heterocycles. The number of unbranched alkanes of at least 4 members (excludes halogenated alkanes) is 6. The Bertz CT molecular complexity index is 477. The van der Waals surface area contributed by atoms with E-state index in [1.165, 1.54) is 32.1 Å². The van der Waals surface area contributed by atoms with Gasteiger partial charge in [-0.25, -0.2) is 0 Å². The molecular formula is C17H25BrN2O2. The average molecular weight is 369 g/mol. The highest BCUT2D eigenvalue weighted by Gasteiger charge is 2.12. The summed E-state index contributed by atoms with van der Waals surface area (Å²) in [4.78, 5) is 23.4. The van der Waals surface area contributed by atoms with Crippen LogP contribution in [0, 0.1) is 0 Å². The van der Waals surface area contributed by atoms with Crippen LogP contribution in [0.3, 0.4) is 0 Å². The molecule has 1 aromatic rings. The summed E-state index contributed by atoms with van der Waals surface area (Å²) in [6, 6.07) is 7.15. The van der Waals surface area contributed by atoms with Crippen LogP contribution in [0.15, 0.2) is 28.7 Å². The van der Waals surface area contributed by atoms with Crippen LogP contribution in [0.25, 0.3) is 0 Å². The van der Waals surface area contributed by atoms with Crippen molar-refractivity contribution >= 4 is 33.4 Å². The summed E-state index contributed by atoms with van der Waals surface area (Å²) in [5.41, 5.74) is 0.602. The van der Waals surface area contributed by atoms with E-state index in [2.05, 4.69) is 33.5 Å². The summed E-state index contributed by atoms with van der Waals surface area (Å²) < 4.78 is 0.855. The Morgan fingerprint density at radius 3 is 2.36 bits per heavy atom. The quantitative estimate of drug-likeness (QED) is 0.505. The Hall–Kier alpha value is -1.36. The molecule has 1 rings (SSSR count). The van der Waals surface area contributed by atoms with Crippen molar-refractivity contribution in [2.24, 2.45) is 0 Å². The van der Waals surface area contributed by atoms with E-state index < -0.39 is 11.8 Å². The van der Waals surface area contributed by atoms with Crippen LogP contribution in [0.1, 0.15) is 51.9 Å². The summed E-state index contributed by atoms with van der Waals surface area (Å²) in [6.45, 7) is 2.76. The van der Waals surface area contributed by atoms with Gasteiger partial charge in [0, 0.05) is 16.7 Å². The van der Waals surface area contributed by atoms with Gasteiger partial charge in [0.2, 0.25) is 0 Å². The van der Waals surface area contributed by atoms with E-state index >= 15 is 0 Å². The minimum absolute atomic E-state index is 0.554. The third kappa shape index (κ3) is 8.17. The first-order valence-corrected chi connectivity index (χ1v) is 8.77. The van der Waals surface area contributed by atoms with Gasteiger partial charge in [-0.1, -0.05) is 67.4 Å². The van der Waals surface area contributed by atoms with E-state index in [-0.39, 0.29) is 0 Å². The van der Waals surface area contributed by atoms with Gasteiger partial charge in [0.1, 0.15) is 0 Å². The molecule has 0 heterocycles. The number of amides is 2. The summed E-state index contributed by atoms with van der Waals surface area (Å²) in [7, 11) is 0. The molecular weight excluding hydrogens is 344 g/mol. The summed E-state index contributed by atoms with van der Waals surface area (Å²) in [6.07, 6.45) is 8.30. The van der Waals surface area contributed by atoms with Crippen LogP contribution in [-0.4, -0.2) is 18.4 Å². The molecule has 1 aromatic carbocycles. The monoisotopic (exact) mass is 368 g/mol. The van der Waals surface area contributed by atoms with Gasteiger partial charge in [-0.15, -0.1) is 0 Å².